The number of carbonyl (C=O) groups is 1. The summed E-state index contributed by atoms with van der Waals surface area (Å²) in [6.07, 6.45) is 13.7. The van der Waals surface area contributed by atoms with Crippen LogP contribution in [0.25, 0.3) is 0 Å². The third-order valence-corrected chi connectivity index (χ3v) is 6.08. The molecule has 1 heterocycles. The van der Waals surface area contributed by atoms with Gasteiger partial charge in [0.25, 0.3) is 0 Å². The monoisotopic (exact) mass is 293 g/mol. The average Bonchev–Trinajstić information content (AvgIpc) is 2.94. The Labute approximate surface area is 129 Å². The van der Waals surface area contributed by atoms with Crippen molar-refractivity contribution in [3.05, 3.63) is 0 Å². The van der Waals surface area contributed by atoms with Crippen molar-refractivity contribution in [2.24, 2.45) is 11.8 Å². The number of hydrogen-bond acceptors (Lipinski definition) is 2. The molecule has 0 aromatic carbocycles. The van der Waals surface area contributed by atoms with Gasteiger partial charge < -0.3 is 10.0 Å². The number of carbonyl (C=O) groups excluding carboxylic acids is 1. The van der Waals surface area contributed by atoms with Crippen LogP contribution in [0.1, 0.15) is 77.0 Å². The van der Waals surface area contributed by atoms with Gasteiger partial charge in [-0.1, -0.05) is 25.7 Å². The van der Waals surface area contributed by atoms with E-state index in [9.17, 15) is 9.90 Å². The summed E-state index contributed by atoms with van der Waals surface area (Å²) in [5, 5.41) is 10.2. The van der Waals surface area contributed by atoms with E-state index in [4.69, 9.17) is 0 Å². The lowest BCUT2D eigenvalue weighted by molar-refractivity contribution is -0.138. The molecule has 3 rings (SSSR count). The molecule has 120 valence electrons. The molecule has 3 atom stereocenters. The van der Waals surface area contributed by atoms with Crippen molar-refractivity contribution >= 4 is 5.91 Å². The smallest absolute Gasteiger partial charge is 0.223 e. The number of rotatable bonds is 3. The fourth-order valence-electron chi connectivity index (χ4n) is 4.89. The zero-order chi connectivity index (χ0) is 14.7. The maximum absolute atomic E-state index is 12.8. The molecule has 1 saturated heterocycles. The third-order valence-electron chi connectivity index (χ3n) is 6.08. The Morgan fingerprint density at radius 1 is 0.905 bits per heavy atom. The lowest BCUT2D eigenvalue weighted by atomic mass is 9.84. The molecule has 21 heavy (non-hydrogen) atoms. The minimum atomic E-state index is -0.168. The summed E-state index contributed by atoms with van der Waals surface area (Å²) >= 11 is 0. The summed E-state index contributed by atoms with van der Waals surface area (Å²) in [5.74, 6) is 1.36. The molecule has 0 aromatic rings. The Balaban J connectivity index is 1.61. The Hall–Kier alpha value is -0.570. The first-order valence-electron chi connectivity index (χ1n) is 9.23. The fraction of sp³-hybridized carbons (Fsp3) is 0.944. The number of nitrogens with zero attached hydrogens (tertiary/aromatic N) is 1. The van der Waals surface area contributed by atoms with Crippen molar-refractivity contribution in [2.45, 2.75) is 89.2 Å². The van der Waals surface area contributed by atoms with Crippen LogP contribution in [0.2, 0.25) is 0 Å². The minimum absolute atomic E-state index is 0.168. The largest absolute Gasteiger partial charge is 0.393 e. The van der Waals surface area contributed by atoms with E-state index < -0.39 is 0 Å². The van der Waals surface area contributed by atoms with Crippen LogP contribution in [0.5, 0.6) is 0 Å². The number of amides is 1. The maximum atomic E-state index is 12.8. The second-order valence-electron chi connectivity index (χ2n) is 7.52. The lowest BCUT2D eigenvalue weighted by Gasteiger charge is -2.41. The highest BCUT2D eigenvalue weighted by molar-refractivity contribution is 5.77. The summed E-state index contributed by atoms with van der Waals surface area (Å²) < 4.78 is 0. The lowest BCUT2D eigenvalue weighted by Crippen LogP contribution is -2.49. The second-order valence-corrected chi connectivity index (χ2v) is 7.52. The van der Waals surface area contributed by atoms with E-state index in [1.807, 2.05) is 0 Å². The Bertz CT molecular complexity index is 351. The molecular formula is C18H31NO2. The topological polar surface area (TPSA) is 40.5 Å². The summed E-state index contributed by atoms with van der Waals surface area (Å²) in [6.45, 7) is 0.930. The Kier molecular flexibility index (Phi) is 5.20. The molecule has 0 aromatic heterocycles. The molecule has 3 aliphatic rings. The van der Waals surface area contributed by atoms with Crippen LogP contribution < -0.4 is 0 Å². The molecule has 3 unspecified atom stereocenters. The van der Waals surface area contributed by atoms with Gasteiger partial charge in [-0.15, -0.1) is 0 Å². The average molecular weight is 293 g/mol. The van der Waals surface area contributed by atoms with Gasteiger partial charge in [-0.25, -0.2) is 0 Å². The van der Waals surface area contributed by atoms with Crippen molar-refractivity contribution in [1.82, 2.24) is 4.90 Å². The number of hydrogen-bond donors (Lipinski definition) is 1. The highest BCUT2D eigenvalue weighted by atomic mass is 16.3. The van der Waals surface area contributed by atoms with Crippen molar-refractivity contribution in [3.8, 4) is 0 Å². The molecule has 1 aliphatic heterocycles. The van der Waals surface area contributed by atoms with Gasteiger partial charge in [0.1, 0.15) is 0 Å². The summed E-state index contributed by atoms with van der Waals surface area (Å²) in [4.78, 5) is 14.9. The molecule has 0 radical (unpaired) electrons. The highest BCUT2D eigenvalue weighted by Gasteiger charge is 2.39. The van der Waals surface area contributed by atoms with Crippen molar-refractivity contribution in [1.29, 1.82) is 0 Å². The van der Waals surface area contributed by atoms with Gasteiger partial charge in [0.2, 0.25) is 5.91 Å². The molecule has 3 fully saturated rings. The normalized spacial score (nSPS) is 35.1. The van der Waals surface area contributed by atoms with Crippen LogP contribution in [0.4, 0.5) is 0 Å². The quantitative estimate of drug-likeness (QED) is 0.865. The van der Waals surface area contributed by atoms with E-state index in [1.165, 1.54) is 38.5 Å². The minimum Gasteiger partial charge on any atom is -0.393 e. The van der Waals surface area contributed by atoms with Gasteiger partial charge >= 0.3 is 0 Å². The van der Waals surface area contributed by atoms with Crippen molar-refractivity contribution in [2.75, 3.05) is 6.54 Å². The Morgan fingerprint density at radius 3 is 2.38 bits per heavy atom. The second kappa shape index (κ2) is 7.13. The summed E-state index contributed by atoms with van der Waals surface area (Å²) in [6, 6.07) is 0.326. The first-order chi connectivity index (χ1) is 10.3. The van der Waals surface area contributed by atoms with Crippen LogP contribution in [0.15, 0.2) is 0 Å². The highest BCUT2D eigenvalue weighted by Crippen LogP contribution is 2.36. The van der Waals surface area contributed by atoms with Gasteiger partial charge in [0.15, 0.2) is 0 Å². The van der Waals surface area contributed by atoms with Gasteiger partial charge in [0.05, 0.1) is 6.10 Å². The first kappa shape index (κ1) is 15.3. The standard InChI is InChI=1S/C18H31NO2/c20-17-11-6-9-15(17)16-10-4-5-12-19(16)18(21)13-14-7-2-1-3-8-14/h14-17,20H,1-13H2. The first-order valence-corrected chi connectivity index (χ1v) is 9.23. The zero-order valence-corrected chi connectivity index (χ0v) is 13.3. The predicted octanol–water partition coefficient (Wildman–Crippen LogP) is 3.50. The predicted molar refractivity (Wildman–Crippen MR) is 83.9 cm³/mol. The summed E-state index contributed by atoms with van der Waals surface area (Å²) in [5.41, 5.74) is 0. The van der Waals surface area contributed by atoms with Gasteiger partial charge in [-0.2, -0.15) is 0 Å². The van der Waals surface area contributed by atoms with Crippen LogP contribution in [0.3, 0.4) is 0 Å². The molecule has 1 N–H and O–H groups in total. The van der Waals surface area contributed by atoms with Crippen LogP contribution in [-0.2, 0) is 4.79 Å². The van der Waals surface area contributed by atoms with Crippen LogP contribution in [-0.4, -0.2) is 34.6 Å². The maximum Gasteiger partial charge on any atom is 0.223 e. The molecule has 1 amide bonds. The van der Waals surface area contributed by atoms with E-state index in [1.54, 1.807) is 0 Å². The zero-order valence-electron chi connectivity index (χ0n) is 13.3. The SMILES string of the molecule is O=C(CC1CCCCC1)N1CCCCC1C1CCCC1O. The van der Waals surface area contributed by atoms with E-state index >= 15 is 0 Å². The summed E-state index contributed by atoms with van der Waals surface area (Å²) in [7, 11) is 0. The van der Waals surface area contributed by atoms with Crippen molar-refractivity contribution in [3.63, 3.8) is 0 Å². The van der Waals surface area contributed by atoms with E-state index in [2.05, 4.69) is 4.90 Å². The van der Waals surface area contributed by atoms with Gasteiger partial charge in [-0.3, -0.25) is 4.79 Å². The van der Waals surface area contributed by atoms with Crippen LogP contribution >= 0.6 is 0 Å². The Morgan fingerprint density at radius 2 is 1.67 bits per heavy atom. The van der Waals surface area contributed by atoms with Crippen molar-refractivity contribution < 1.29 is 9.90 Å². The van der Waals surface area contributed by atoms with E-state index in [-0.39, 0.29) is 6.10 Å². The van der Waals surface area contributed by atoms with E-state index in [0.717, 1.165) is 45.1 Å². The molecule has 3 heteroatoms. The number of likely N-dealkylation sites (tertiary alicyclic amines) is 1. The van der Waals surface area contributed by atoms with Gasteiger partial charge in [-0.05, 0) is 50.9 Å². The number of piperidine rings is 1. The molecule has 0 spiro atoms. The molecule has 3 nitrogen and oxygen atoms in total. The fourth-order valence-corrected chi connectivity index (χ4v) is 4.89. The molecule has 0 bridgehead atoms. The van der Waals surface area contributed by atoms with E-state index in [0.29, 0.717) is 23.8 Å². The molecule has 2 saturated carbocycles. The molecule has 2 aliphatic carbocycles. The number of aliphatic hydroxyl groups excluding tert-OH is 1. The van der Waals surface area contributed by atoms with Crippen LogP contribution in [0, 0.1) is 11.8 Å². The number of aliphatic hydroxyl groups is 1. The molecular weight excluding hydrogens is 262 g/mol. The van der Waals surface area contributed by atoms with Gasteiger partial charge in [0, 0.05) is 24.9 Å². The third kappa shape index (κ3) is 3.61.